The Hall–Kier alpha value is -2.11. The molecule has 5 heteroatoms. The van der Waals surface area contributed by atoms with Crippen molar-refractivity contribution in [2.24, 2.45) is 0 Å². The first-order valence-corrected chi connectivity index (χ1v) is 8.48. The summed E-state index contributed by atoms with van der Waals surface area (Å²) in [6.07, 6.45) is 2.52. The summed E-state index contributed by atoms with van der Waals surface area (Å²) in [4.78, 5) is 15.9. The van der Waals surface area contributed by atoms with Crippen LogP contribution < -0.4 is 0 Å². The van der Waals surface area contributed by atoms with Crippen LogP contribution in [0.15, 0.2) is 53.1 Å². The second kappa shape index (κ2) is 8.13. The highest BCUT2D eigenvalue weighted by Gasteiger charge is 2.22. The lowest BCUT2D eigenvalue weighted by atomic mass is 10.2. The van der Waals surface area contributed by atoms with Crippen LogP contribution in [0, 0.1) is 0 Å². The molecule has 1 unspecified atom stereocenters. The van der Waals surface area contributed by atoms with Crippen molar-refractivity contribution in [1.29, 1.82) is 0 Å². The summed E-state index contributed by atoms with van der Waals surface area (Å²) in [5.41, 5.74) is 1.19. The summed E-state index contributed by atoms with van der Waals surface area (Å²) >= 11 is 0. The number of rotatable bonds is 8. The fourth-order valence-electron chi connectivity index (χ4n) is 3.09. The van der Waals surface area contributed by atoms with Gasteiger partial charge in [0.25, 0.3) is 0 Å². The molecule has 5 nitrogen and oxygen atoms in total. The molecular formula is C19H24N2O3. The highest BCUT2D eigenvalue weighted by molar-refractivity contribution is 5.78. The summed E-state index contributed by atoms with van der Waals surface area (Å²) < 4.78 is 5.30. The van der Waals surface area contributed by atoms with Crippen LogP contribution in [0.3, 0.4) is 0 Å². The molecule has 2 aromatic rings. The summed E-state index contributed by atoms with van der Waals surface area (Å²) in [5.74, 6) is 0.812. The van der Waals surface area contributed by atoms with E-state index in [2.05, 4.69) is 17.0 Å². The average molecular weight is 328 g/mol. The van der Waals surface area contributed by atoms with Gasteiger partial charge in [-0.05, 0) is 24.1 Å². The van der Waals surface area contributed by atoms with E-state index in [1.165, 1.54) is 5.56 Å². The molecule has 128 valence electrons. The number of aliphatic hydroxyl groups excluding tert-OH is 1. The predicted molar refractivity (Wildman–Crippen MR) is 91.2 cm³/mol. The lowest BCUT2D eigenvalue weighted by Gasteiger charge is -2.27. The molecule has 1 fully saturated rings. The Kier molecular flexibility index (Phi) is 5.67. The Bertz CT molecular complexity index is 627. The number of hydrogen-bond donors (Lipinski definition) is 1. The van der Waals surface area contributed by atoms with Crippen molar-refractivity contribution in [3.05, 3.63) is 60.1 Å². The molecule has 2 heterocycles. The standard InChI is InChI=1S/C19H24N2O3/c22-17(18-8-5-13-24-18)15-20(14-16-6-2-1-3-7-16)11-12-21-10-4-9-19(21)23/h1-3,5-8,13,17,22H,4,9-12,14-15H2. The number of benzene rings is 1. The molecule has 0 spiro atoms. The van der Waals surface area contributed by atoms with Gasteiger partial charge in [-0.1, -0.05) is 30.3 Å². The molecule has 0 saturated carbocycles. The van der Waals surface area contributed by atoms with Crippen molar-refractivity contribution in [1.82, 2.24) is 9.80 Å². The first-order valence-electron chi connectivity index (χ1n) is 8.48. The van der Waals surface area contributed by atoms with Gasteiger partial charge in [0.15, 0.2) is 0 Å². The van der Waals surface area contributed by atoms with Crippen molar-refractivity contribution < 1.29 is 14.3 Å². The number of amides is 1. The smallest absolute Gasteiger partial charge is 0.222 e. The molecule has 3 rings (SSSR count). The van der Waals surface area contributed by atoms with Gasteiger partial charge in [0.05, 0.1) is 6.26 Å². The van der Waals surface area contributed by atoms with Crippen molar-refractivity contribution in [2.75, 3.05) is 26.2 Å². The van der Waals surface area contributed by atoms with Gasteiger partial charge in [-0.25, -0.2) is 0 Å². The van der Waals surface area contributed by atoms with E-state index in [4.69, 9.17) is 4.42 Å². The number of likely N-dealkylation sites (tertiary alicyclic amines) is 1. The minimum Gasteiger partial charge on any atom is -0.467 e. The quantitative estimate of drug-likeness (QED) is 0.809. The molecule has 0 aliphatic carbocycles. The largest absolute Gasteiger partial charge is 0.467 e. The molecular weight excluding hydrogens is 304 g/mol. The Morgan fingerprint density at radius 1 is 1.21 bits per heavy atom. The van der Waals surface area contributed by atoms with Crippen LogP contribution in [0.1, 0.15) is 30.3 Å². The molecule has 1 atom stereocenters. The van der Waals surface area contributed by atoms with Crippen LogP contribution in [0.5, 0.6) is 0 Å². The number of carbonyl (C=O) groups excluding carboxylic acids is 1. The zero-order valence-corrected chi connectivity index (χ0v) is 13.8. The normalized spacial score (nSPS) is 16.1. The van der Waals surface area contributed by atoms with E-state index in [0.29, 0.717) is 25.3 Å². The van der Waals surface area contributed by atoms with Gasteiger partial charge in [-0.2, -0.15) is 0 Å². The van der Waals surface area contributed by atoms with Crippen molar-refractivity contribution in [3.63, 3.8) is 0 Å². The molecule has 0 radical (unpaired) electrons. The first kappa shape index (κ1) is 16.7. The molecule has 24 heavy (non-hydrogen) atoms. The minimum absolute atomic E-state index is 0.237. The monoisotopic (exact) mass is 328 g/mol. The van der Waals surface area contributed by atoms with Crippen LogP contribution >= 0.6 is 0 Å². The van der Waals surface area contributed by atoms with Gasteiger partial charge in [0, 0.05) is 39.1 Å². The van der Waals surface area contributed by atoms with E-state index in [-0.39, 0.29) is 5.91 Å². The first-order chi connectivity index (χ1) is 11.7. The van der Waals surface area contributed by atoms with Gasteiger partial charge in [0.1, 0.15) is 11.9 Å². The molecule has 1 aliphatic heterocycles. The molecule has 0 bridgehead atoms. The van der Waals surface area contributed by atoms with Gasteiger partial charge in [-0.15, -0.1) is 0 Å². The molecule has 1 aliphatic rings. The zero-order valence-electron chi connectivity index (χ0n) is 13.8. The van der Waals surface area contributed by atoms with Crippen molar-refractivity contribution in [3.8, 4) is 0 Å². The lowest BCUT2D eigenvalue weighted by Crippen LogP contribution is -2.37. The van der Waals surface area contributed by atoms with Crippen LogP contribution in [-0.4, -0.2) is 47.0 Å². The fourth-order valence-corrected chi connectivity index (χ4v) is 3.09. The number of aliphatic hydroxyl groups is 1. The predicted octanol–water partition coefficient (Wildman–Crippen LogP) is 2.44. The van der Waals surface area contributed by atoms with E-state index < -0.39 is 6.10 Å². The number of furan rings is 1. The Morgan fingerprint density at radius 2 is 2.04 bits per heavy atom. The SMILES string of the molecule is O=C1CCCN1CCN(Cc1ccccc1)CC(O)c1ccco1. The molecule has 1 amide bonds. The molecule has 1 aromatic carbocycles. The van der Waals surface area contributed by atoms with Crippen LogP contribution in [-0.2, 0) is 11.3 Å². The van der Waals surface area contributed by atoms with E-state index >= 15 is 0 Å². The molecule has 1 aromatic heterocycles. The second-order valence-corrected chi connectivity index (χ2v) is 6.24. The summed E-state index contributed by atoms with van der Waals surface area (Å²) in [6, 6.07) is 13.7. The highest BCUT2D eigenvalue weighted by atomic mass is 16.4. The van der Waals surface area contributed by atoms with Gasteiger partial charge in [0.2, 0.25) is 5.91 Å². The van der Waals surface area contributed by atoms with Gasteiger partial charge in [-0.3, -0.25) is 9.69 Å². The van der Waals surface area contributed by atoms with E-state index in [1.807, 2.05) is 23.1 Å². The third kappa shape index (κ3) is 4.46. The third-order valence-corrected chi connectivity index (χ3v) is 4.41. The number of hydrogen-bond acceptors (Lipinski definition) is 4. The number of carbonyl (C=O) groups is 1. The zero-order chi connectivity index (χ0) is 16.8. The minimum atomic E-state index is -0.669. The topological polar surface area (TPSA) is 56.9 Å². The third-order valence-electron chi connectivity index (χ3n) is 4.41. The Morgan fingerprint density at radius 3 is 2.71 bits per heavy atom. The van der Waals surface area contributed by atoms with Crippen LogP contribution in [0.4, 0.5) is 0 Å². The second-order valence-electron chi connectivity index (χ2n) is 6.24. The molecule has 1 saturated heterocycles. The maximum atomic E-state index is 11.8. The maximum Gasteiger partial charge on any atom is 0.222 e. The highest BCUT2D eigenvalue weighted by Crippen LogP contribution is 2.17. The van der Waals surface area contributed by atoms with Crippen molar-refractivity contribution >= 4 is 5.91 Å². The lowest BCUT2D eigenvalue weighted by molar-refractivity contribution is -0.127. The fraction of sp³-hybridized carbons (Fsp3) is 0.421. The Labute approximate surface area is 142 Å². The maximum absolute atomic E-state index is 11.8. The van der Waals surface area contributed by atoms with E-state index in [0.717, 1.165) is 26.1 Å². The van der Waals surface area contributed by atoms with E-state index in [9.17, 15) is 9.90 Å². The summed E-state index contributed by atoms with van der Waals surface area (Å²) in [7, 11) is 0. The van der Waals surface area contributed by atoms with Crippen LogP contribution in [0.25, 0.3) is 0 Å². The molecule has 1 N–H and O–H groups in total. The van der Waals surface area contributed by atoms with Crippen LogP contribution in [0.2, 0.25) is 0 Å². The van der Waals surface area contributed by atoms with E-state index in [1.54, 1.807) is 18.4 Å². The van der Waals surface area contributed by atoms with Crippen molar-refractivity contribution in [2.45, 2.75) is 25.5 Å². The van der Waals surface area contributed by atoms with Gasteiger partial charge >= 0.3 is 0 Å². The summed E-state index contributed by atoms with van der Waals surface area (Å²) in [6.45, 7) is 3.50. The van der Waals surface area contributed by atoms with Gasteiger partial charge < -0.3 is 14.4 Å². The average Bonchev–Trinajstić information content (AvgIpc) is 3.25. The Balaban J connectivity index is 1.62. The summed E-state index contributed by atoms with van der Waals surface area (Å²) in [5, 5.41) is 10.4. The number of nitrogens with zero attached hydrogens (tertiary/aromatic N) is 2.